The van der Waals surface area contributed by atoms with E-state index < -0.39 is 0 Å². The molecular formula is C24H18O2. The minimum atomic E-state index is 0.787. The summed E-state index contributed by atoms with van der Waals surface area (Å²) < 4.78 is 11.5. The Morgan fingerprint density at radius 3 is 1.81 bits per heavy atom. The Labute approximate surface area is 151 Å². The molecule has 0 heterocycles. The van der Waals surface area contributed by atoms with Crippen LogP contribution in [-0.4, -0.2) is 14.2 Å². The van der Waals surface area contributed by atoms with E-state index in [-0.39, 0.29) is 0 Å². The number of hydrogen-bond donors (Lipinski definition) is 0. The first-order valence-corrected chi connectivity index (χ1v) is 8.70. The normalized spacial score (nSPS) is 11.5. The zero-order valence-corrected chi connectivity index (χ0v) is 14.7. The number of methoxy groups -OCH3 is 2. The molecule has 2 heteroatoms. The van der Waals surface area contributed by atoms with Gasteiger partial charge in [0.05, 0.1) is 14.2 Å². The van der Waals surface area contributed by atoms with Gasteiger partial charge in [-0.1, -0.05) is 66.7 Å². The molecule has 0 saturated heterocycles. The number of ether oxygens (including phenoxy) is 2. The van der Waals surface area contributed by atoms with Crippen LogP contribution in [0.1, 0.15) is 0 Å². The van der Waals surface area contributed by atoms with Crippen molar-refractivity contribution in [1.82, 2.24) is 0 Å². The first-order valence-electron chi connectivity index (χ1n) is 8.70. The fourth-order valence-electron chi connectivity index (χ4n) is 4.12. The summed E-state index contributed by atoms with van der Waals surface area (Å²) in [6.45, 7) is 0. The van der Waals surface area contributed by atoms with Gasteiger partial charge in [-0.15, -0.1) is 0 Å². The van der Waals surface area contributed by atoms with E-state index in [9.17, 15) is 0 Å². The van der Waals surface area contributed by atoms with Gasteiger partial charge in [0.1, 0.15) is 0 Å². The monoisotopic (exact) mass is 338 g/mol. The number of benzene rings is 5. The Hall–Kier alpha value is -3.26. The van der Waals surface area contributed by atoms with Crippen LogP contribution in [0.2, 0.25) is 0 Å². The molecule has 5 rings (SSSR count). The van der Waals surface area contributed by atoms with Gasteiger partial charge >= 0.3 is 0 Å². The second kappa shape index (κ2) is 5.63. The van der Waals surface area contributed by atoms with Crippen LogP contribution in [0.4, 0.5) is 0 Å². The summed E-state index contributed by atoms with van der Waals surface area (Å²) in [6.07, 6.45) is 0. The molecule has 0 aromatic heterocycles. The van der Waals surface area contributed by atoms with Crippen molar-refractivity contribution >= 4 is 43.1 Å². The molecule has 2 nitrogen and oxygen atoms in total. The molecule has 126 valence electrons. The van der Waals surface area contributed by atoms with Crippen LogP contribution < -0.4 is 9.47 Å². The molecule has 5 aromatic rings. The molecule has 0 radical (unpaired) electrons. The lowest BCUT2D eigenvalue weighted by molar-refractivity contribution is 0.362. The summed E-state index contributed by atoms with van der Waals surface area (Å²) in [5, 5.41) is 9.53. The molecule has 0 aliphatic heterocycles. The van der Waals surface area contributed by atoms with E-state index in [1.807, 2.05) is 6.07 Å². The minimum absolute atomic E-state index is 0.787. The van der Waals surface area contributed by atoms with Crippen molar-refractivity contribution in [3.8, 4) is 11.5 Å². The van der Waals surface area contributed by atoms with Crippen molar-refractivity contribution in [2.24, 2.45) is 0 Å². The molecule has 0 N–H and O–H groups in total. The Morgan fingerprint density at radius 2 is 1.04 bits per heavy atom. The average molecular weight is 338 g/mol. The lowest BCUT2D eigenvalue weighted by Gasteiger charge is -2.17. The Kier molecular flexibility index (Phi) is 3.26. The van der Waals surface area contributed by atoms with Gasteiger partial charge in [0.2, 0.25) is 0 Å². The van der Waals surface area contributed by atoms with Crippen LogP contribution in [0.25, 0.3) is 43.1 Å². The molecule has 0 amide bonds. The Morgan fingerprint density at radius 1 is 0.462 bits per heavy atom. The van der Waals surface area contributed by atoms with E-state index >= 15 is 0 Å². The zero-order chi connectivity index (χ0) is 17.7. The highest BCUT2D eigenvalue weighted by atomic mass is 16.5. The zero-order valence-electron chi connectivity index (χ0n) is 14.7. The van der Waals surface area contributed by atoms with Crippen LogP contribution in [-0.2, 0) is 0 Å². The van der Waals surface area contributed by atoms with Crippen molar-refractivity contribution in [2.45, 2.75) is 0 Å². The van der Waals surface area contributed by atoms with Gasteiger partial charge in [-0.2, -0.15) is 0 Å². The molecule has 0 fully saturated rings. The maximum absolute atomic E-state index is 5.79. The van der Waals surface area contributed by atoms with Crippen molar-refractivity contribution in [1.29, 1.82) is 0 Å². The maximum Gasteiger partial charge on any atom is 0.169 e. The third kappa shape index (κ3) is 1.93. The van der Waals surface area contributed by atoms with Crippen LogP contribution in [0, 0.1) is 0 Å². The summed E-state index contributed by atoms with van der Waals surface area (Å²) >= 11 is 0. The van der Waals surface area contributed by atoms with E-state index in [1.54, 1.807) is 14.2 Å². The summed E-state index contributed by atoms with van der Waals surface area (Å²) in [7, 11) is 3.41. The van der Waals surface area contributed by atoms with Crippen LogP contribution in [0.5, 0.6) is 11.5 Å². The molecule has 0 aliphatic carbocycles. The largest absolute Gasteiger partial charge is 0.492 e. The SMILES string of the molecule is COc1c(OC)c2ccc3ccc4ccccc4c3c2c2ccccc12. The molecule has 26 heavy (non-hydrogen) atoms. The van der Waals surface area contributed by atoms with Gasteiger partial charge in [0.15, 0.2) is 11.5 Å². The van der Waals surface area contributed by atoms with Crippen molar-refractivity contribution in [3.05, 3.63) is 72.8 Å². The molecule has 0 saturated carbocycles. The Balaban J connectivity index is 2.18. The third-order valence-corrected chi connectivity index (χ3v) is 5.21. The average Bonchev–Trinajstić information content (AvgIpc) is 2.71. The second-order valence-corrected chi connectivity index (χ2v) is 6.49. The van der Waals surface area contributed by atoms with Crippen LogP contribution in [0.15, 0.2) is 72.8 Å². The standard InChI is InChI=1S/C24H18O2/c1-25-23-19-10-6-5-9-18(19)22-20(24(23)26-2)14-13-16-12-11-15-7-3-4-8-17(15)21(16)22/h3-14H,1-2H3. The minimum Gasteiger partial charge on any atom is -0.492 e. The highest BCUT2D eigenvalue weighted by Crippen LogP contribution is 2.46. The van der Waals surface area contributed by atoms with Crippen LogP contribution >= 0.6 is 0 Å². The lowest BCUT2D eigenvalue weighted by Crippen LogP contribution is -1.94. The van der Waals surface area contributed by atoms with Crippen molar-refractivity contribution in [3.63, 3.8) is 0 Å². The predicted molar refractivity (Wildman–Crippen MR) is 110 cm³/mol. The molecule has 0 aliphatic rings. The van der Waals surface area contributed by atoms with Gasteiger partial charge in [-0.25, -0.2) is 0 Å². The summed E-state index contributed by atoms with van der Waals surface area (Å²) in [4.78, 5) is 0. The Bertz CT molecular complexity index is 1300. The van der Waals surface area contributed by atoms with Crippen LogP contribution in [0.3, 0.4) is 0 Å². The van der Waals surface area contributed by atoms with E-state index in [4.69, 9.17) is 9.47 Å². The molecule has 0 spiro atoms. The van der Waals surface area contributed by atoms with Crippen molar-refractivity contribution < 1.29 is 9.47 Å². The van der Waals surface area contributed by atoms with Gasteiger partial charge in [-0.05, 0) is 33.0 Å². The number of hydrogen-bond acceptors (Lipinski definition) is 2. The van der Waals surface area contributed by atoms with Gasteiger partial charge in [0.25, 0.3) is 0 Å². The fourth-order valence-corrected chi connectivity index (χ4v) is 4.12. The quantitative estimate of drug-likeness (QED) is 0.351. The topological polar surface area (TPSA) is 18.5 Å². The fraction of sp³-hybridized carbons (Fsp3) is 0.0833. The summed E-state index contributed by atoms with van der Waals surface area (Å²) in [6, 6.07) is 25.6. The van der Waals surface area contributed by atoms with E-state index in [0.717, 1.165) is 22.3 Å². The van der Waals surface area contributed by atoms with Gasteiger partial charge in [-0.3, -0.25) is 0 Å². The van der Waals surface area contributed by atoms with E-state index in [1.165, 1.54) is 32.3 Å². The molecule has 5 aromatic carbocycles. The summed E-state index contributed by atoms with van der Waals surface area (Å²) in [5.41, 5.74) is 0. The highest BCUT2D eigenvalue weighted by molar-refractivity contribution is 6.29. The smallest absolute Gasteiger partial charge is 0.169 e. The summed E-state index contributed by atoms with van der Waals surface area (Å²) in [5.74, 6) is 1.58. The lowest BCUT2D eigenvalue weighted by atomic mass is 9.92. The first kappa shape index (κ1) is 15.0. The third-order valence-electron chi connectivity index (χ3n) is 5.21. The molecule has 0 atom stereocenters. The molecular weight excluding hydrogens is 320 g/mol. The van der Waals surface area contributed by atoms with Gasteiger partial charge < -0.3 is 9.47 Å². The molecule has 0 bridgehead atoms. The maximum atomic E-state index is 5.79. The first-order chi connectivity index (χ1) is 12.8. The number of rotatable bonds is 2. The predicted octanol–water partition coefficient (Wildman–Crippen LogP) is 6.32. The van der Waals surface area contributed by atoms with E-state index in [2.05, 4.69) is 66.7 Å². The number of fused-ring (bicyclic) bond motifs is 7. The van der Waals surface area contributed by atoms with E-state index in [0.29, 0.717) is 0 Å². The van der Waals surface area contributed by atoms with Crippen molar-refractivity contribution in [2.75, 3.05) is 14.2 Å². The second-order valence-electron chi connectivity index (χ2n) is 6.49. The highest BCUT2D eigenvalue weighted by Gasteiger charge is 2.18. The molecule has 0 unspecified atom stereocenters. The van der Waals surface area contributed by atoms with Gasteiger partial charge in [0, 0.05) is 16.2 Å².